The molecule has 1 saturated heterocycles. The summed E-state index contributed by atoms with van der Waals surface area (Å²) in [5, 5.41) is 22.8. The minimum atomic E-state index is -0.897. The summed E-state index contributed by atoms with van der Waals surface area (Å²) in [6, 6.07) is -0.521. The van der Waals surface area contributed by atoms with E-state index in [4.69, 9.17) is 9.47 Å². The number of methoxy groups -OCH3 is 1. The number of hydrogen-bond donors (Lipinski definition) is 3. The second-order valence-corrected chi connectivity index (χ2v) is 8.84. The van der Waals surface area contributed by atoms with Gasteiger partial charge < -0.3 is 25.0 Å². The third kappa shape index (κ3) is 10.6. The summed E-state index contributed by atoms with van der Waals surface area (Å²) in [4.78, 5) is 12.3. The Morgan fingerprint density at radius 2 is 1.43 bits per heavy atom. The molecular formula is C24H47NO5. The van der Waals surface area contributed by atoms with E-state index in [1.165, 1.54) is 77.7 Å². The molecule has 1 amide bonds. The fourth-order valence-corrected chi connectivity index (χ4v) is 4.34. The summed E-state index contributed by atoms with van der Waals surface area (Å²) in [6.07, 6.45) is 14.6. The normalized spacial score (nSPS) is 26.6. The van der Waals surface area contributed by atoms with Crippen LogP contribution in [0.5, 0.6) is 0 Å². The van der Waals surface area contributed by atoms with Gasteiger partial charge in [-0.3, -0.25) is 4.79 Å². The van der Waals surface area contributed by atoms with Gasteiger partial charge in [-0.05, 0) is 13.3 Å². The number of rotatable bonds is 17. The average Bonchev–Trinajstić information content (AvgIpc) is 2.74. The summed E-state index contributed by atoms with van der Waals surface area (Å²) >= 11 is 0. The van der Waals surface area contributed by atoms with Gasteiger partial charge in [0, 0.05) is 13.5 Å². The number of ether oxygens (including phenoxy) is 2. The highest BCUT2D eigenvalue weighted by molar-refractivity contribution is 5.76. The number of carbonyl (C=O) groups is 1. The number of aliphatic hydroxyl groups is 2. The van der Waals surface area contributed by atoms with Gasteiger partial charge in [-0.25, -0.2) is 0 Å². The van der Waals surface area contributed by atoms with Gasteiger partial charge in [0.05, 0.1) is 18.8 Å². The van der Waals surface area contributed by atoms with E-state index < -0.39 is 24.4 Å². The maximum absolute atomic E-state index is 12.3. The minimum absolute atomic E-state index is 0.0603. The van der Waals surface area contributed by atoms with E-state index >= 15 is 0 Å². The molecule has 30 heavy (non-hydrogen) atoms. The molecule has 3 N–H and O–H groups in total. The molecule has 0 saturated carbocycles. The third-order valence-electron chi connectivity index (χ3n) is 6.25. The number of aliphatic hydroxyl groups excluding tert-OH is 2. The maximum Gasteiger partial charge on any atom is 0.220 e. The molecule has 0 aromatic heterocycles. The largest absolute Gasteiger partial charge is 0.394 e. The summed E-state index contributed by atoms with van der Waals surface area (Å²) in [5.74, 6) is -0.0603. The van der Waals surface area contributed by atoms with Crippen LogP contribution in [0.1, 0.15) is 104 Å². The minimum Gasteiger partial charge on any atom is -0.394 e. The second-order valence-electron chi connectivity index (χ2n) is 8.84. The van der Waals surface area contributed by atoms with Crippen molar-refractivity contribution in [2.45, 2.75) is 134 Å². The molecule has 1 rings (SSSR count). The van der Waals surface area contributed by atoms with Crippen molar-refractivity contribution in [1.29, 1.82) is 0 Å². The summed E-state index contributed by atoms with van der Waals surface area (Å²) in [7, 11) is 1.47. The van der Waals surface area contributed by atoms with Crippen LogP contribution >= 0.6 is 0 Å². The molecule has 0 aromatic rings. The van der Waals surface area contributed by atoms with Crippen molar-refractivity contribution >= 4 is 5.91 Å². The summed E-state index contributed by atoms with van der Waals surface area (Å²) in [6.45, 7) is 3.83. The summed E-state index contributed by atoms with van der Waals surface area (Å²) in [5.41, 5.74) is 0. The molecule has 1 aliphatic heterocycles. The molecule has 0 aromatic carbocycles. The first kappa shape index (κ1) is 27.3. The lowest BCUT2D eigenvalue weighted by atomic mass is 9.93. The van der Waals surface area contributed by atoms with Crippen molar-refractivity contribution in [2.24, 2.45) is 0 Å². The monoisotopic (exact) mass is 429 g/mol. The van der Waals surface area contributed by atoms with Crippen LogP contribution in [0, 0.1) is 0 Å². The van der Waals surface area contributed by atoms with E-state index in [-0.39, 0.29) is 18.6 Å². The Balaban J connectivity index is 2.05. The van der Waals surface area contributed by atoms with Crippen LogP contribution in [0.4, 0.5) is 0 Å². The lowest BCUT2D eigenvalue weighted by Crippen LogP contribution is -2.63. The van der Waals surface area contributed by atoms with E-state index in [0.717, 1.165) is 12.8 Å². The van der Waals surface area contributed by atoms with Gasteiger partial charge in [-0.15, -0.1) is 0 Å². The molecule has 6 nitrogen and oxygen atoms in total. The highest BCUT2D eigenvalue weighted by atomic mass is 16.6. The first-order valence-corrected chi connectivity index (χ1v) is 12.3. The van der Waals surface area contributed by atoms with Crippen LogP contribution in [-0.2, 0) is 14.3 Å². The quantitative estimate of drug-likeness (QED) is 0.303. The lowest BCUT2D eigenvalue weighted by Gasteiger charge is -2.42. The number of nitrogens with one attached hydrogen (secondary N) is 1. The number of unbranched alkanes of at least 4 members (excludes halogenated alkanes) is 12. The van der Waals surface area contributed by atoms with Gasteiger partial charge >= 0.3 is 0 Å². The van der Waals surface area contributed by atoms with Crippen LogP contribution in [0.25, 0.3) is 0 Å². The van der Waals surface area contributed by atoms with Crippen LogP contribution < -0.4 is 5.32 Å². The highest BCUT2D eigenvalue weighted by Crippen LogP contribution is 2.23. The third-order valence-corrected chi connectivity index (χ3v) is 6.25. The van der Waals surface area contributed by atoms with Crippen LogP contribution in [-0.4, -0.2) is 60.3 Å². The molecule has 0 radical (unpaired) electrons. The van der Waals surface area contributed by atoms with E-state index in [1.807, 2.05) is 0 Å². The molecule has 6 heteroatoms. The van der Waals surface area contributed by atoms with E-state index in [2.05, 4.69) is 12.2 Å². The zero-order valence-electron chi connectivity index (χ0n) is 19.6. The molecule has 0 bridgehead atoms. The Hall–Kier alpha value is -0.690. The van der Waals surface area contributed by atoms with Crippen LogP contribution in [0.3, 0.4) is 0 Å². The van der Waals surface area contributed by atoms with Gasteiger partial charge in [-0.1, -0.05) is 84.0 Å². The van der Waals surface area contributed by atoms with Crippen molar-refractivity contribution in [3.05, 3.63) is 0 Å². The molecule has 5 unspecified atom stereocenters. The molecule has 1 aliphatic rings. The van der Waals surface area contributed by atoms with Gasteiger partial charge in [0.15, 0.2) is 0 Å². The topological polar surface area (TPSA) is 88.0 Å². The molecule has 178 valence electrons. The van der Waals surface area contributed by atoms with E-state index in [9.17, 15) is 15.0 Å². The van der Waals surface area contributed by atoms with Crippen molar-refractivity contribution < 1.29 is 24.5 Å². The van der Waals surface area contributed by atoms with Gasteiger partial charge in [0.2, 0.25) is 5.91 Å². The number of carbonyl (C=O) groups excluding carboxylic acids is 1. The molecule has 0 spiro atoms. The Labute approximate surface area is 184 Å². The molecule has 1 fully saturated rings. The first-order valence-electron chi connectivity index (χ1n) is 12.3. The first-order chi connectivity index (χ1) is 14.5. The van der Waals surface area contributed by atoms with Crippen molar-refractivity contribution in [2.75, 3.05) is 13.7 Å². The Kier molecular flexibility index (Phi) is 15.4. The maximum atomic E-state index is 12.3. The van der Waals surface area contributed by atoms with Gasteiger partial charge in [0.25, 0.3) is 0 Å². The Morgan fingerprint density at radius 3 is 1.90 bits per heavy atom. The molecule has 5 atom stereocenters. The second kappa shape index (κ2) is 16.9. The zero-order chi connectivity index (χ0) is 22.2. The van der Waals surface area contributed by atoms with Crippen molar-refractivity contribution in [1.82, 2.24) is 5.32 Å². The predicted molar refractivity (Wildman–Crippen MR) is 120 cm³/mol. The van der Waals surface area contributed by atoms with Crippen LogP contribution in [0.2, 0.25) is 0 Å². The Bertz CT molecular complexity index is 434. The number of amides is 1. The van der Waals surface area contributed by atoms with Gasteiger partial charge in [0.1, 0.15) is 18.3 Å². The SMILES string of the molecule is CCCCCCCCCCCCCCCC(=O)NC1C(C)OC(CO)C(OC)C1O. The molecule has 0 aliphatic carbocycles. The summed E-state index contributed by atoms with van der Waals surface area (Å²) < 4.78 is 11.0. The van der Waals surface area contributed by atoms with E-state index in [1.54, 1.807) is 6.92 Å². The lowest BCUT2D eigenvalue weighted by molar-refractivity contribution is -0.199. The Morgan fingerprint density at radius 1 is 0.933 bits per heavy atom. The predicted octanol–water partition coefficient (Wildman–Crippen LogP) is 4.11. The molecule has 1 heterocycles. The highest BCUT2D eigenvalue weighted by Gasteiger charge is 2.43. The van der Waals surface area contributed by atoms with Gasteiger partial charge in [-0.2, -0.15) is 0 Å². The smallest absolute Gasteiger partial charge is 0.220 e. The molecular weight excluding hydrogens is 382 g/mol. The van der Waals surface area contributed by atoms with Crippen LogP contribution in [0.15, 0.2) is 0 Å². The zero-order valence-corrected chi connectivity index (χ0v) is 19.6. The number of hydrogen-bond acceptors (Lipinski definition) is 5. The fraction of sp³-hybridized carbons (Fsp3) is 0.958. The van der Waals surface area contributed by atoms with Crippen molar-refractivity contribution in [3.63, 3.8) is 0 Å². The van der Waals surface area contributed by atoms with E-state index in [0.29, 0.717) is 6.42 Å². The standard InChI is InChI=1S/C24H47NO5/c1-4-5-6-7-8-9-10-11-12-13-14-15-16-17-21(27)25-22-19(2)30-20(18-26)24(29-3)23(22)28/h19-20,22-24,26,28H,4-18H2,1-3H3,(H,25,27). The van der Waals surface area contributed by atoms with Crippen molar-refractivity contribution in [3.8, 4) is 0 Å². The average molecular weight is 430 g/mol. The fourth-order valence-electron chi connectivity index (χ4n) is 4.34.